The van der Waals surface area contributed by atoms with Gasteiger partial charge in [-0.15, -0.1) is 0 Å². The molecule has 27 heavy (non-hydrogen) atoms. The first-order chi connectivity index (χ1) is 13.3. The van der Waals surface area contributed by atoms with Crippen LogP contribution in [0.25, 0.3) is 0 Å². The Balaban J connectivity index is 1.50. The average molecular weight is 375 g/mol. The summed E-state index contributed by atoms with van der Waals surface area (Å²) < 4.78 is 16.9. The van der Waals surface area contributed by atoms with Crippen molar-refractivity contribution in [3.05, 3.63) is 23.3 Å². The Hall–Kier alpha value is -1.30. The molecule has 1 N–H and O–H groups in total. The van der Waals surface area contributed by atoms with Crippen molar-refractivity contribution in [3.8, 4) is 11.5 Å². The van der Waals surface area contributed by atoms with Gasteiger partial charge in [0.05, 0.1) is 14.2 Å². The van der Waals surface area contributed by atoms with Crippen LogP contribution in [0.4, 0.5) is 0 Å². The minimum Gasteiger partial charge on any atom is -0.493 e. The number of nitrogens with zero attached hydrogens (tertiary/aromatic N) is 1. The first kappa shape index (κ1) is 19.0. The van der Waals surface area contributed by atoms with Crippen LogP contribution in [0.5, 0.6) is 11.5 Å². The molecule has 1 unspecified atom stereocenters. The van der Waals surface area contributed by atoms with E-state index in [1.165, 1.54) is 43.5 Å². The van der Waals surface area contributed by atoms with Gasteiger partial charge in [-0.05, 0) is 63.2 Å². The second-order valence-corrected chi connectivity index (χ2v) is 8.23. The summed E-state index contributed by atoms with van der Waals surface area (Å²) in [4.78, 5) is 2.76. The number of likely N-dealkylation sites (tertiary alicyclic amines) is 1. The fourth-order valence-corrected chi connectivity index (χ4v) is 5.28. The monoisotopic (exact) mass is 374 g/mol. The third-order valence-corrected chi connectivity index (χ3v) is 6.87. The first-order valence-corrected chi connectivity index (χ1v) is 10.6. The van der Waals surface area contributed by atoms with Crippen LogP contribution >= 0.6 is 0 Å². The van der Waals surface area contributed by atoms with Crippen LogP contribution in [0.2, 0.25) is 0 Å². The molecule has 0 radical (unpaired) electrons. The number of hydrogen-bond donors (Lipinski definition) is 1. The van der Waals surface area contributed by atoms with E-state index in [-0.39, 0.29) is 5.54 Å². The fraction of sp³-hybridized carbons (Fsp3) is 0.727. The maximum Gasteiger partial charge on any atom is 0.164 e. The maximum atomic E-state index is 5.71. The molecule has 0 saturated carbocycles. The zero-order valence-corrected chi connectivity index (χ0v) is 16.9. The van der Waals surface area contributed by atoms with E-state index in [0.717, 1.165) is 56.9 Å². The Labute approximate surface area is 163 Å². The minimum atomic E-state index is 0.262. The van der Waals surface area contributed by atoms with E-state index in [1.807, 2.05) is 6.07 Å². The molecule has 2 saturated heterocycles. The van der Waals surface area contributed by atoms with E-state index in [9.17, 15) is 0 Å². The van der Waals surface area contributed by atoms with Gasteiger partial charge in [0.15, 0.2) is 11.5 Å². The Morgan fingerprint density at radius 2 is 1.89 bits per heavy atom. The van der Waals surface area contributed by atoms with Gasteiger partial charge in [0, 0.05) is 36.9 Å². The van der Waals surface area contributed by atoms with Crippen LogP contribution in [0.3, 0.4) is 0 Å². The number of ether oxygens (including phenoxy) is 3. The van der Waals surface area contributed by atoms with Gasteiger partial charge < -0.3 is 19.5 Å². The third-order valence-electron chi connectivity index (χ3n) is 6.87. The molecule has 0 aromatic heterocycles. The van der Waals surface area contributed by atoms with Gasteiger partial charge in [0.1, 0.15) is 0 Å². The number of nitrogens with one attached hydrogen (secondary N) is 1. The summed E-state index contributed by atoms with van der Waals surface area (Å²) in [6.45, 7) is 5.33. The summed E-state index contributed by atoms with van der Waals surface area (Å²) in [6, 6.07) is 4.68. The number of hydrogen-bond acceptors (Lipinski definition) is 5. The fourth-order valence-electron chi connectivity index (χ4n) is 5.28. The lowest BCUT2D eigenvalue weighted by atomic mass is 9.85. The van der Waals surface area contributed by atoms with Crippen LogP contribution in [0.1, 0.15) is 55.7 Å². The molecule has 1 atom stereocenters. The average Bonchev–Trinajstić information content (AvgIpc) is 3.16. The molecular formula is C22H34N2O3. The largest absolute Gasteiger partial charge is 0.493 e. The third kappa shape index (κ3) is 3.69. The molecule has 0 spiro atoms. The SMILES string of the molecule is COc1ccc2c(c1OC)CCC2NCC1(N2CCCCC2)CCOCC1. The quantitative estimate of drug-likeness (QED) is 0.827. The van der Waals surface area contributed by atoms with Gasteiger partial charge in [-0.3, -0.25) is 4.90 Å². The van der Waals surface area contributed by atoms with Gasteiger partial charge in [-0.1, -0.05) is 12.5 Å². The van der Waals surface area contributed by atoms with E-state index in [4.69, 9.17) is 14.2 Å². The minimum absolute atomic E-state index is 0.262. The number of benzene rings is 1. The van der Waals surface area contributed by atoms with E-state index >= 15 is 0 Å². The molecule has 0 bridgehead atoms. The zero-order chi connectivity index (χ0) is 18.7. The number of rotatable bonds is 6. The molecule has 5 heteroatoms. The molecule has 4 rings (SSSR count). The van der Waals surface area contributed by atoms with Crippen molar-refractivity contribution in [3.63, 3.8) is 0 Å². The van der Waals surface area contributed by atoms with E-state index in [1.54, 1.807) is 14.2 Å². The highest BCUT2D eigenvalue weighted by atomic mass is 16.5. The lowest BCUT2D eigenvalue weighted by molar-refractivity contribution is -0.0368. The molecule has 150 valence electrons. The maximum absolute atomic E-state index is 5.71. The predicted molar refractivity (Wildman–Crippen MR) is 107 cm³/mol. The molecule has 1 aromatic carbocycles. The highest BCUT2D eigenvalue weighted by molar-refractivity contribution is 5.53. The summed E-state index contributed by atoms with van der Waals surface area (Å²) >= 11 is 0. The van der Waals surface area contributed by atoms with E-state index in [2.05, 4.69) is 16.3 Å². The van der Waals surface area contributed by atoms with Crippen molar-refractivity contribution in [2.45, 2.75) is 56.5 Å². The smallest absolute Gasteiger partial charge is 0.164 e. The molecule has 2 aliphatic heterocycles. The zero-order valence-electron chi connectivity index (χ0n) is 16.9. The van der Waals surface area contributed by atoms with Gasteiger partial charge in [-0.25, -0.2) is 0 Å². The molecule has 3 aliphatic rings. The predicted octanol–water partition coefficient (Wildman–Crippen LogP) is 3.32. The van der Waals surface area contributed by atoms with Crippen LogP contribution in [-0.4, -0.2) is 57.5 Å². The lowest BCUT2D eigenvalue weighted by Crippen LogP contribution is -2.59. The summed E-state index contributed by atoms with van der Waals surface area (Å²) in [5, 5.41) is 3.94. The van der Waals surface area contributed by atoms with Crippen LogP contribution in [0, 0.1) is 0 Å². The van der Waals surface area contributed by atoms with Crippen molar-refractivity contribution < 1.29 is 14.2 Å². The molecule has 2 fully saturated rings. The van der Waals surface area contributed by atoms with Crippen LogP contribution < -0.4 is 14.8 Å². The standard InChI is InChI=1S/C22H34N2O3/c1-25-20-9-7-17-18(21(20)26-2)6-8-19(17)23-16-22(10-14-27-15-11-22)24-12-4-3-5-13-24/h7,9,19,23H,3-6,8,10-16H2,1-2H3. The Morgan fingerprint density at radius 3 is 2.59 bits per heavy atom. The Bertz CT molecular complexity index is 637. The van der Waals surface area contributed by atoms with E-state index in [0.29, 0.717) is 6.04 Å². The van der Waals surface area contributed by atoms with Crippen molar-refractivity contribution in [1.29, 1.82) is 0 Å². The topological polar surface area (TPSA) is 43.0 Å². The summed E-state index contributed by atoms with van der Waals surface area (Å²) in [5.41, 5.74) is 2.96. The van der Waals surface area contributed by atoms with Gasteiger partial charge in [0.2, 0.25) is 0 Å². The molecule has 5 nitrogen and oxygen atoms in total. The van der Waals surface area contributed by atoms with Crippen molar-refractivity contribution in [1.82, 2.24) is 10.2 Å². The molecule has 0 amide bonds. The highest BCUT2D eigenvalue weighted by Gasteiger charge is 2.39. The summed E-state index contributed by atoms with van der Waals surface area (Å²) in [7, 11) is 3.45. The van der Waals surface area contributed by atoms with Crippen LogP contribution in [0.15, 0.2) is 12.1 Å². The van der Waals surface area contributed by atoms with Gasteiger partial charge in [0.25, 0.3) is 0 Å². The second kappa shape index (κ2) is 8.38. The second-order valence-electron chi connectivity index (χ2n) is 8.23. The van der Waals surface area contributed by atoms with Crippen molar-refractivity contribution in [2.24, 2.45) is 0 Å². The number of piperidine rings is 1. The normalized spacial score (nSPS) is 25.2. The molecule has 2 heterocycles. The van der Waals surface area contributed by atoms with Crippen molar-refractivity contribution >= 4 is 0 Å². The Morgan fingerprint density at radius 1 is 1.11 bits per heavy atom. The van der Waals surface area contributed by atoms with Gasteiger partial charge in [-0.2, -0.15) is 0 Å². The Kier molecular flexibility index (Phi) is 5.90. The highest BCUT2D eigenvalue weighted by Crippen LogP contribution is 2.42. The van der Waals surface area contributed by atoms with Crippen molar-refractivity contribution in [2.75, 3.05) is 47.1 Å². The van der Waals surface area contributed by atoms with Crippen LogP contribution in [-0.2, 0) is 11.2 Å². The first-order valence-electron chi connectivity index (χ1n) is 10.6. The number of fused-ring (bicyclic) bond motifs is 1. The van der Waals surface area contributed by atoms with E-state index < -0.39 is 0 Å². The lowest BCUT2D eigenvalue weighted by Gasteiger charge is -2.48. The molecular weight excluding hydrogens is 340 g/mol. The summed E-state index contributed by atoms with van der Waals surface area (Å²) in [5.74, 6) is 1.75. The molecule has 1 aromatic rings. The van der Waals surface area contributed by atoms with Gasteiger partial charge >= 0.3 is 0 Å². The summed E-state index contributed by atoms with van der Waals surface area (Å²) in [6.07, 6.45) is 8.53. The molecule has 1 aliphatic carbocycles. The number of methoxy groups -OCH3 is 2.